The molecule has 0 aliphatic heterocycles. The highest BCUT2D eigenvalue weighted by Gasteiger charge is 2.11. The standard InChI is InChI=1S/C21H22N4O/c1-14-5-6-20(15(2)11-14)25-16(3)12-19(17(25)4)13-23-24-21(26)18-7-9-22-10-8-18/h5-13H,1-4H3,(H,24,26)/b23-13-. The predicted molar refractivity (Wildman–Crippen MR) is 104 cm³/mol. The molecule has 3 aromatic rings. The second-order valence-electron chi connectivity index (χ2n) is 6.39. The van der Waals surface area contributed by atoms with Crippen molar-refractivity contribution < 1.29 is 4.79 Å². The minimum Gasteiger partial charge on any atom is -0.318 e. The van der Waals surface area contributed by atoms with Gasteiger partial charge in [0, 0.05) is 40.6 Å². The fourth-order valence-electron chi connectivity index (χ4n) is 3.07. The molecule has 1 N–H and O–H groups in total. The van der Waals surface area contributed by atoms with Gasteiger partial charge in [-0.1, -0.05) is 17.7 Å². The molecule has 0 saturated carbocycles. The lowest BCUT2D eigenvalue weighted by Crippen LogP contribution is -2.17. The molecule has 3 rings (SSSR count). The number of aryl methyl sites for hydroxylation is 3. The third-order valence-electron chi connectivity index (χ3n) is 4.38. The highest BCUT2D eigenvalue weighted by Crippen LogP contribution is 2.23. The lowest BCUT2D eigenvalue weighted by atomic mass is 10.1. The van der Waals surface area contributed by atoms with E-state index in [4.69, 9.17) is 0 Å². The number of hydrazone groups is 1. The third kappa shape index (κ3) is 3.57. The molecule has 0 aliphatic rings. The molecule has 26 heavy (non-hydrogen) atoms. The summed E-state index contributed by atoms with van der Waals surface area (Å²) in [4.78, 5) is 15.9. The van der Waals surface area contributed by atoms with Crippen molar-refractivity contribution in [1.29, 1.82) is 0 Å². The largest absolute Gasteiger partial charge is 0.318 e. The molecule has 0 aliphatic carbocycles. The van der Waals surface area contributed by atoms with E-state index in [2.05, 4.69) is 72.0 Å². The summed E-state index contributed by atoms with van der Waals surface area (Å²) in [5.41, 5.74) is 9.88. The van der Waals surface area contributed by atoms with Gasteiger partial charge in [0.2, 0.25) is 0 Å². The Labute approximate surface area is 153 Å². The number of carbonyl (C=O) groups excluding carboxylic acids is 1. The summed E-state index contributed by atoms with van der Waals surface area (Å²) in [5.74, 6) is -0.258. The van der Waals surface area contributed by atoms with Gasteiger partial charge in [0.05, 0.1) is 6.21 Å². The Balaban J connectivity index is 1.83. The number of pyridine rings is 1. The molecule has 5 nitrogen and oxygen atoms in total. The van der Waals surface area contributed by atoms with Gasteiger partial charge in [0.1, 0.15) is 0 Å². The molecule has 5 heteroatoms. The van der Waals surface area contributed by atoms with Gasteiger partial charge in [-0.25, -0.2) is 5.43 Å². The highest BCUT2D eigenvalue weighted by atomic mass is 16.2. The molecule has 0 radical (unpaired) electrons. The number of nitrogens with zero attached hydrogens (tertiary/aromatic N) is 3. The molecule has 0 atom stereocenters. The van der Waals surface area contributed by atoms with Gasteiger partial charge in [0.15, 0.2) is 0 Å². The van der Waals surface area contributed by atoms with Crippen molar-refractivity contribution in [3.8, 4) is 5.69 Å². The zero-order valence-corrected chi connectivity index (χ0v) is 15.4. The highest BCUT2D eigenvalue weighted by molar-refractivity contribution is 5.94. The Kier molecular flexibility index (Phi) is 4.98. The van der Waals surface area contributed by atoms with E-state index in [1.807, 2.05) is 0 Å². The van der Waals surface area contributed by atoms with Gasteiger partial charge in [-0.3, -0.25) is 9.78 Å². The fourth-order valence-corrected chi connectivity index (χ4v) is 3.07. The first-order chi connectivity index (χ1) is 12.5. The van der Waals surface area contributed by atoms with Gasteiger partial charge in [-0.2, -0.15) is 5.10 Å². The number of hydrogen-bond donors (Lipinski definition) is 1. The van der Waals surface area contributed by atoms with Crippen LogP contribution in [0.1, 0.15) is 38.4 Å². The van der Waals surface area contributed by atoms with Crippen LogP contribution in [0, 0.1) is 27.7 Å². The molecule has 0 bridgehead atoms. The Morgan fingerprint density at radius 3 is 2.50 bits per heavy atom. The molecule has 0 unspecified atom stereocenters. The summed E-state index contributed by atoms with van der Waals surface area (Å²) in [6.07, 6.45) is 4.84. The third-order valence-corrected chi connectivity index (χ3v) is 4.38. The van der Waals surface area contributed by atoms with Gasteiger partial charge in [-0.15, -0.1) is 0 Å². The van der Waals surface area contributed by atoms with Crippen LogP contribution in [0.2, 0.25) is 0 Å². The normalized spacial score (nSPS) is 11.1. The van der Waals surface area contributed by atoms with Gasteiger partial charge < -0.3 is 4.57 Å². The zero-order chi connectivity index (χ0) is 18.7. The van der Waals surface area contributed by atoms with Gasteiger partial charge in [0.25, 0.3) is 5.91 Å². The van der Waals surface area contributed by atoms with E-state index in [-0.39, 0.29) is 5.91 Å². The molecular formula is C21H22N4O. The quantitative estimate of drug-likeness (QED) is 0.576. The molecule has 1 amide bonds. The molecule has 1 aromatic carbocycles. The van der Waals surface area contributed by atoms with E-state index in [1.165, 1.54) is 11.1 Å². The van der Waals surface area contributed by atoms with E-state index in [1.54, 1.807) is 30.7 Å². The van der Waals surface area contributed by atoms with Gasteiger partial charge >= 0.3 is 0 Å². The average molecular weight is 346 g/mol. The minimum absolute atomic E-state index is 0.258. The van der Waals surface area contributed by atoms with Crippen LogP contribution in [-0.2, 0) is 0 Å². The van der Waals surface area contributed by atoms with Crippen LogP contribution >= 0.6 is 0 Å². The maximum Gasteiger partial charge on any atom is 0.271 e. The van der Waals surface area contributed by atoms with Crippen LogP contribution in [0.3, 0.4) is 0 Å². The zero-order valence-electron chi connectivity index (χ0n) is 15.4. The molecule has 2 heterocycles. The second-order valence-corrected chi connectivity index (χ2v) is 6.39. The van der Waals surface area contributed by atoms with Crippen LogP contribution < -0.4 is 5.43 Å². The SMILES string of the molecule is Cc1ccc(-n2c(C)cc(/C=N\NC(=O)c3ccncc3)c2C)c(C)c1. The summed E-state index contributed by atoms with van der Waals surface area (Å²) in [6, 6.07) is 11.8. The maximum atomic E-state index is 12.0. The number of benzene rings is 1. The molecule has 2 aromatic heterocycles. The number of rotatable bonds is 4. The van der Waals surface area contributed by atoms with E-state index >= 15 is 0 Å². The topological polar surface area (TPSA) is 59.3 Å². The van der Waals surface area contributed by atoms with Crippen molar-refractivity contribution in [2.75, 3.05) is 0 Å². The van der Waals surface area contributed by atoms with Crippen LogP contribution in [0.15, 0.2) is 53.9 Å². The van der Waals surface area contributed by atoms with Crippen molar-refractivity contribution in [3.05, 3.63) is 82.4 Å². The summed E-state index contributed by atoms with van der Waals surface area (Å²) in [7, 11) is 0. The van der Waals surface area contributed by atoms with Crippen LogP contribution in [0.4, 0.5) is 0 Å². The van der Waals surface area contributed by atoms with E-state index in [9.17, 15) is 4.79 Å². The number of carbonyl (C=O) groups is 1. The van der Waals surface area contributed by atoms with Crippen LogP contribution in [-0.4, -0.2) is 21.7 Å². The summed E-state index contributed by atoms with van der Waals surface area (Å²) in [5, 5.41) is 4.11. The Morgan fingerprint density at radius 1 is 1.08 bits per heavy atom. The summed E-state index contributed by atoms with van der Waals surface area (Å²) >= 11 is 0. The summed E-state index contributed by atoms with van der Waals surface area (Å²) < 4.78 is 2.21. The average Bonchev–Trinajstić information content (AvgIpc) is 2.90. The van der Waals surface area contributed by atoms with E-state index in [0.29, 0.717) is 5.56 Å². The smallest absolute Gasteiger partial charge is 0.271 e. The van der Waals surface area contributed by atoms with Crippen molar-refractivity contribution in [1.82, 2.24) is 15.0 Å². The number of nitrogens with one attached hydrogen (secondary N) is 1. The maximum absolute atomic E-state index is 12.0. The summed E-state index contributed by atoms with van der Waals surface area (Å²) in [6.45, 7) is 8.33. The number of hydrogen-bond acceptors (Lipinski definition) is 3. The lowest BCUT2D eigenvalue weighted by molar-refractivity contribution is 0.0955. The predicted octanol–water partition coefficient (Wildman–Crippen LogP) is 3.87. The van der Waals surface area contributed by atoms with Crippen molar-refractivity contribution in [2.24, 2.45) is 5.10 Å². The van der Waals surface area contributed by atoms with Crippen LogP contribution in [0.25, 0.3) is 5.69 Å². The first kappa shape index (κ1) is 17.6. The van der Waals surface area contributed by atoms with Crippen molar-refractivity contribution in [3.63, 3.8) is 0 Å². The fraction of sp³-hybridized carbons (Fsp3) is 0.190. The molecule has 0 fully saturated rings. The van der Waals surface area contributed by atoms with Crippen molar-refractivity contribution >= 4 is 12.1 Å². The van der Waals surface area contributed by atoms with Crippen LogP contribution in [0.5, 0.6) is 0 Å². The van der Waals surface area contributed by atoms with Gasteiger partial charge in [-0.05, 0) is 57.5 Å². The lowest BCUT2D eigenvalue weighted by Gasteiger charge is -2.13. The Morgan fingerprint density at radius 2 is 1.81 bits per heavy atom. The minimum atomic E-state index is -0.258. The second kappa shape index (κ2) is 7.35. The molecule has 0 saturated heterocycles. The molecule has 0 spiro atoms. The monoisotopic (exact) mass is 346 g/mol. The Bertz CT molecular complexity index is 971. The molecule has 132 valence electrons. The van der Waals surface area contributed by atoms with E-state index in [0.717, 1.165) is 22.6 Å². The first-order valence-electron chi connectivity index (χ1n) is 8.47. The van der Waals surface area contributed by atoms with E-state index < -0.39 is 0 Å². The molecular weight excluding hydrogens is 324 g/mol. The number of amides is 1. The van der Waals surface area contributed by atoms with Crippen molar-refractivity contribution in [2.45, 2.75) is 27.7 Å². The number of aromatic nitrogens is 2. The first-order valence-corrected chi connectivity index (χ1v) is 8.47. The Hall–Kier alpha value is -3.21.